The third-order valence-corrected chi connectivity index (χ3v) is 4.87. The van der Waals surface area contributed by atoms with Gasteiger partial charge in [0.2, 0.25) is 0 Å². The second-order valence-corrected chi connectivity index (χ2v) is 7.04. The Kier molecular flexibility index (Phi) is 4.61. The van der Waals surface area contributed by atoms with Crippen molar-refractivity contribution in [3.05, 3.63) is 16.3 Å². The molecule has 0 fully saturated rings. The monoisotopic (exact) mass is 303 g/mol. The molecule has 0 bridgehead atoms. The van der Waals surface area contributed by atoms with E-state index in [1.54, 1.807) is 4.57 Å². The first-order chi connectivity index (χ1) is 9.42. The van der Waals surface area contributed by atoms with E-state index in [4.69, 9.17) is 0 Å². The summed E-state index contributed by atoms with van der Waals surface area (Å²) in [5.41, 5.74) is -0.0878. The van der Waals surface area contributed by atoms with Crippen molar-refractivity contribution in [2.75, 3.05) is 20.6 Å². The van der Waals surface area contributed by atoms with Gasteiger partial charge in [-0.1, -0.05) is 0 Å². The van der Waals surface area contributed by atoms with Gasteiger partial charge in [-0.15, -0.1) is 0 Å². The van der Waals surface area contributed by atoms with Crippen LogP contribution in [0.4, 0.5) is 0 Å². The molecule has 0 aliphatic carbocycles. The lowest BCUT2D eigenvalue weighted by Crippen LogP contribution is -2.36. The summed E-state index contributed by atoms with van der Waals surface area (Å²) < 4.78 is 29.7. The first-order valence-electron chi connectivity index (χ1n) is 6.75. The van der Waals surface area contributed by atoms with Crippen LogP contribution in [-0.2, 0) is 29.7 Å². The number of hydrogen-bond acceptors (Lipinski definition) is 4. The molecule has 0 saturated carbocycles. The molecule has 8 nitrogen and oxygen atoms in total. The van der Waals surface area contributed by atoms with Crippen molar-refractivity contribution in [3.63, 3.8) is 0 Å². The van der Waals surface area contributed by atoms with Gasteiger partial charge in [-0.25, -0.2) is 14.2 Å². The predicted octanol–water partition coefficient (Wildman–Crippen LogP) is -0.833. The normalized spacial score (nSPS) is 15.6. The zero-order valence-electron chi connectivity index (χ0n) is 11.9. The van der Waals surface area contributed by atoms with Gasteiger partial charge >= 0.3 is 5.69 Å². The van der Waals surface area contributed by atoms with Crippen LogP contribution in [-0.4, -0.2) is 47.7 Å². The Balaban J connectivity index is 1.89. The molecular weight excluding hydrogens is 282 g/mol. The van der Waals surface area contributed by atoms with Crippen LogP contribution in [0.2, 0.25) is 0 Å². The van der Waals surface area contributed by atoms with E-state index in [1.165, 1.54) is 18.8 Å². The van der Waals surface area contributed by atoms with Crippen LogP contribution in [0.5, 0.6) is 0 Å². The van der Waals surface area contributed by atoms with Crippen LogP contribution >= 0.6 is 0 Å². The highest BCUT2D eigenvalue weighted by Gasteiger charge is 2.16. The number of aromatic nitrogens is 3. The van der Waals surface area contributed by atoms with Gasteiger partial charge < -0.3 is 0 Å². The molecule has 114 valence electrons. The molecule has 0 atom stereocenters. The van der Waals surface area contributed by atoms with Gasteiger partial charge in [0.15, 0.2) is 0 Å². The summed E-state index contributed by atoms with van der Waals surface area (Å²) in [7, 11) is -0.458. The third kappa shape index (κ3) is 3.28. The quantitative estimate of drug-likeness (QED) is 0.695. The average molecular weight is 303 g/mol. The van der Waals surface area contributed by atoms with Crippen molar-refractivity contribution in [3.8, 4) is 0 Å². The van der Waals surface area contributed by atoms with Gasteiger partial charge in [0.25, 0.3) is 10.2 Å². The van der Waals surface area contributed by atoms with Crippen molar-refractivity contribution in [2.24, 2.45) is 0 Å². The van der Waals surface area contributed by atoms with Gasteiger partial charge in [-0.2, -0.15) is 17.8 Å². The molecule has 0 aromatic carbocycles. The molecule has 2 rings (SSSR count). The summed E-state index contributed by atoms with van der Waals surface area (Å²) >= 11 is 0. The molecule has 0 spiro atoms. The topological polar surface area (TPSA) is 89.2 Å². The number of fused-ring (bicyclic) bond motifs is 1. The summed E-state index contributed by atoms with van der Waals surface area (Å²) in [5, 5.41) is 4.30. The van der Waals surface area contributed by atoms with E-state index < -0.39 is 10.2 Å². The molecule has 1 N–H and O–H groups in total. The lowest BCUT2D eigenvalue weighted by molar-refractivity contribution is 0.493. The Morgan fingerprint density at radius 2 is 2.10 bits per heavy atom. The van der Waals surface area contributed by atoms with E-state index in [9.17, 15) is 13.2 Å². The molecule has 0 amide bonds. The number of rotatable bonds is 6. The maximum absolute atomic E-state index is 12.0. The van der Waals surface area contributed by atoms with Crippen molar-refractivity contribution >= 4 is 10.2 Å². The smallest absolute Gasteiger partial charge is 0.279 e. The summed E-state index contributed by atoms with van der Waals surface area (Å²) in [4.78, 5) is 12.0. The lowest BCUT2D eigenvalue weighted by atomic mass is 10.2. The molecule has 0 saturated heterocycles. The molecule has 1 aromatic heterocycles. The van der Waals surface area contributed by atoms with Crippen LogP contribution in [0.3, 0.4) is 0 Å². The minimum atomic E-state index is -3.39. The molecule has 0 radical (unpaired) electrons. The van der Waals surface area contributed by atoms with Gasteiger partial charge in [0.1, 0.15) is 5.82 Å². The minimum absolute atomic E-state index is 0.0878. The maximum atomic E-state index is 12.0. The van der Waals surface area contributed by atoms with Gasteiger partial charge in [0, 0.05) is 40.2 Å². The Morgan fingerprint density at radius 3 is 2.75 bits per heavy atom. The molecule has 1 aromatic rings. The van der Waals surface area contributed by atoms with Crippen LogP contribution in [0, 0.1) is 0 Å². The first kappa shape index (κ1) is 15.2. The molecule has 0 unspecified atom stereocenters. The van der Waals surface area contributed by atoms with E-state index in [0.29, 0.717) is 13.0 Å². The molecule has 9 heteroatoms. The minimum Gasteiger partial charge on any atom is -0.279 e. The first-order valence-corrected chi connectivity index (χ1v) is 8.19. The zero-order chi connectivity index (χ0) is 14.8. The highest BCUT2D eigenvalue weighted by atomic mass is 32.2. The Morgan fingerprint density at radius 1 is 1.35 bits per heavy atom. The summed E-state index contributed by atoms with van der Waals surface area (Å²) in [6.45, 7) is 1.45. The zero-order valence-corrected chi connectivity index (χ0v) is 12.7. The van der Waals surface area contributed by atoms with Crippen molar-refractivity contribution in [2.45, 2.75) is 38.8 Å². The number of nitrogens with zero attached hydrogens (tertiary/aromatic N) is 4. The van der Waals surface area contributed by atoms with Gasteiger partial charge in [0.05, 0.1) is 0 Å². The van der Waals surface area contributed by atoms with Crippen LogP contribution in [0.1, 0.15) is 25.1 Å². The molecule has 1 aliphatic rings. The van der Waals surface area contributed by atoms with Crippen LogP contribution in [0.15, 0.2) is 4.79 Å². The summed E-state index contributed by atoms with van der Waals surface area (Å²) in [5.74, 6) is 0.843. The average Bonchev–Trinajstić information content (AvgIpc) is 2.72. The fraction of sp³-hybridized carbons (Fsp3) is 0.818. The van der Waals surface area contributed by atoms with E-state index in [-0.39, 0.29) is 12.2 Å². The summed E-state index contributed by atoms with van der Waals surface area (Å²) in [6.07, 6.45) is 3.46. The van der Waals surface area contributed by atoms with Crippen LogP contribution in [0.25, 0.3) is 0 Å². The Labute approximate surface area is 118 Å². The molecule has 1 aliphatic heterocycles. The predicted molar refractivity (Wildman–Crippen MR) is 74.7 cm³/mol. The van der Waals surface area contributed by atoms with E-state index >= 15 is 0 Å². The third-order valence-electron chi connectivity index (χ3n) is 3.34. The standard InChI is InChI=1S/C11H21N5O3S/c1-14(2)20(18,19)12-7-5-9-16-11(17)15-8-4-3-6-10(15)13-16/h12H,3-9H2,1-2H3. The molecule has 20 heavy (non-hydrogen) atoms. The number of aryl methyl sites for hydroxylation is 2. The number of hydrogen-bond donors (Lipinski definition) is 1. The van der Waals surface area contributed by atoms with Crippen molar-refractivity contribution in [1.82, 2.24) is 23.4 Å². The Bertz CT molecular complexity index is 616. The number of nitrogens with one attached hydrogen (secondary N) is 1. The molecular formula is C11H21N5O3S. The van der Waals surface area contributed by atoms with Gasteiger partial charge in [-0.3, -0.25) is 4.57 Å². The fourth-order valence-electron chi connectivity index (χ4n) is 2.15. The largest absolute Gasteiger partial charge is 0.345 e. The molecule has 2 heterocycles. The van der Waals surface area contributed by atoms with Crippen molar-refractivity contribution < 1.29 is 8.42 Å². The fourth-order valence-corrected chi connectivity index (χ4v) is 2.81. The highest BCUT2D eigenvalue weighted by Crippen LogP contribution is 2.09. The summed E-state index contributed by atoms with van der Waals surface area (Å²) in [6, 6.07) is 0. The SMILES string of the molecule is CN(C)S(=O)(=O)NCCCn1nc2n(c1=O)CCCC2. The Hall–Kier alpha value is -1.19. The second kappa shape index (κ2) is 6.06. The maximum Gasteiger partial charge on any atom is 0.345 e. The van der Waals surface area contributed by atoms with E-state index in [1.807, 2.05) is 0 Å². The highest BCUT2D eigenvalue weighted by molar-refractivity contribution is 7.87. The van der Waals surface area contributed by atoms with Crippen LogP contribution < -0.4 is 10.4 Å². The van der Waals surface area contributed by atoms with Gasteiger partial charge in [-0.05, 0) is 19.3 Å². The lowest BCUT2D eigenvalue weighted by Gasteiger charge is -2.11. The second-order valence-electron chi connectivity index (χ2n) is 5.07. The van der Waals surface area contributed by atoms with E-state index in [2.05, 4.69) is 9.82 Å². The van der Waals surface area contributed by atoms with E-state index in [0.717, 1.165) is 35.9 Å². The van der Waals surface area contributed by atoms with Crippen molar-refractivity contribution in [1.29, 1.82) is 0 Å².